The maximum Gasteiger partial charge on any atom is 0.329 e. The summed E-state index contributed by atoms with van der Waals surface area (Å²) >= 11 is 0. The Bertz CT molecular complexity index is 296. The van der Waals surface area contributed by atoms with E-state index in [1.54, 1.807) is 0 Å². The Morgan fingerprint density at radius 2 is 2.00 bits per heavy atom. The molecule has 0 aromatic heterocycles. The fourth-order valence-electron chi connectivity index (χ4n) is 0.948. The molecule has 0 aliphatic heterocycles. The molecule has 0 rings (SSSR count). The van der Waals surface area contributed by atoms with Gasteiger partial charge in [0.15, 0.2) is 0 Å². The van der Waals surface area contributed by atoms with E-state index in [9.17, 15) is 9.36 Å². The fraction of sp³-hybridized carbons (Fsp3) is 0.571. The lowest BCUT2D eigenvalue weighted by molar-refractivity contribution is -0.137. The van der Waals surface area contributed by atoms with Crippen LogP contribution in [0.4, 0.5) is 0 Å². The van der Waals surface area contributed by atoms with Crippen LogP contribution in [0.15, 0.2) is 11.6 Å². The number of carbonyl (C=O) groups is 1. The van der Waals surface area contributed by atoms with Crippen molar-refractivity contribution >= 4 is 13.6 Å². The highest BCUT2D eigenvalue weighted by atomic mass is 31.2. The van der Waals surface area contributed by atoms with E-state index in [4.69, 9.17) is 25.7 Å². The third kappa shape index (κ3) is 7.24. The highest BCUT2D eigenvalue weighted by molar-refractivity contribution is 7.52. The van der Waals surface area contributed by atoms with Gasteiger partial charge in [-0.25, -0.2) is 0 Å². The van der Waals surface area contributed by atoms with Crippen LogP contribution in [0.1, 0.15) is 6.42 Å². The number of hydrogen-bond acceptors (Lipinski definition) is 4. The van der Waals surface area contributed by atoms with Crippen LogP contribution in [0.3, 0.4) is 0 Å². The monoisotopic (exact) mass is 239 g/mol. The maximum atomic E-state index is 10.7. The van der Waals surface area contributed by atoms with Gasteiger partial charge in [0.2, 0.25) is 0 Å². The highest BCUT2D eigenvalue weighted by Gasteiger charge is 2.18. The van der Waals surface area contributed by atoms with Crippen molar-refractivity contribution in [3.63, 3.8) is 0 Å². The van der Waals surface area contributed by atoms with Gasteiger partial charge >= 0.3 is 13.6 Å². The zero-order chi connectivity index (χ0) is 12.1. The molecule has 0 heterocycles. The summed E-state index contributed by atoms with van der Waals surface area (Å²) in [5.41, 5.74) is 5.30. The quantitative estimate of drug-likeness (QED) is 0.292. The van der Waals surface area contributed by atoms with E-state index < -0.39 is 25.8 Å². The Morgan fingerprint density at radius 1 is 1.47 bits per heavy atom. The van der Waals surface area contributed by atoms with Gasteiger partial charge in [0.25, 0.3) is 0 Å². The van der Waals surface area contributed by atoms with Crippen LogP contribution in [0.25, 0.3) is 0 Å². The second kappa shape index (κ2) is 5.99. The van der Waals surface area contributed by atoms with Crippen molar-refractivity contribution in [2.75, 3.05) is 12.8 Å². The molecule has 0 aromatic rings. The maximum absolute atomic E-state index is 10.7. The number of hydrogen-bond donors (Lipinski definition) is 5. The molecule has 0 spiro atoms. The van der Waals surface area contributed by atoms with E-state index in [0.717, 1.165) is 6.08 Å². The number of nitrogens with two attached hydrogens (primary N) is 1. The Kier molecular flexibility index (Phi) is 5.71. The van der Waals surface area contributed by atoms with Gasteiger partial charge in [0.05, 0.1) is 6.16 Å². The zero-order valence-electron chi connectivity index (χ0n) is 7.91. The van der Waals surface area contributed by atoms with Crippen LogP contribution in [-0.2, 0) is 9.36 Å². The number of rotatable bonds is 6. The number of aliphatic hydroxyl groups is 1. The normalized spacial score (nSPS) is 15.1. The molecule has 1 atom stereocenters. The molecule has 0 unspecified atom stereocenters. The van der Waals surface area contributed by atoms with Crippen molar-refractivity contribution in [3.8, 4) is 0 Å². The van der Waals surface area contributed by atoms with Gasteiger partial charge in [-0.3, -0.25) is 9.36 Å². The SMILES string of the molecule is N[C@H](C=C(CCO)CP(=O)(O)O)C(=O)O. The first-order chi connectivity index (χ1) is 6.76. The summed E-state index contributed by atoms with van der Waals surface area (Å²) in [5.74, 6) is -1.30. The van der Waals surface area contributed by atoms with E-state index in [2.05, 4.69) is 0 Å². The minimum absolute atomic E-state index is 0.00785. The molecule has 0 aliphatic rings. The zero-order valence-corrected chi connectivity index (χ0v) is 8.80. The molecule has 0 aromatic carbocycles. The molecule has 8 heteroatoms. The average Bonchev–Trinajstić information content (AvgIpc) is 2.00. The van der Waals surface area contributed by atoms with Crippen molar-refractivity contribution in [1.82, 2.24) is 0 Å². The van der Waals surface area contributed by atoms with Crippen molar-refractivity contribution in [2.45, 2.75) is 12.5 Å². The minimum atomic E-state index is -4.27. The standard InChI is InChI=1S/C7H14NO6P/c8-6(7(10)11)3-5(1-2-9)4-15(12,13)14/h3,6,9H,1-2,4,8H2,(H,10,11)(H2,12,13,14)/t6-/m1/s1. The highest BCUT2D eigenvalue weighted by Crippen LogP contribution is 2.37. The topological polar surface area (TPSA) is 141 Å². The van der Waals surface area contributed by atoms with Gasteiger partial charge in [-0.1, -0.05) is 11.6 Å². The predicted octanol–water partition coefficient (Wildman–Crippen LogP) is -1.12. The lowest BCUT2D eigenvalue weighted by Gasteiger charge is -2.09. The van der Waals surface area contributed by atoms with Crippen LogP contribution in [0.5, 0.6) is 0 Å². The predicted molar refractivity (Wildman–Crippen MR) is 52.3 cm³/mol. The Morgan fingerprint density at radius 3 is 2.33 bits per heavy atom. The molecule has 15 heavy (non-hydrogen) atoms. The molecule has 0 saturated carbocycles. The van der Waals surface area contributed by atoms with Gasteiger partial charge < -0.3 is 25.7 Å². The van der Waals surface area contributed by atoms with Crippen molar-refractivity contribution in [3.05, 3.63) is 11.6 Å². The van der Waals surface area contributed by atoms with Crippen molar-refractivity contribution in [2.24, 2.45) is 5.73 Å². The summed E-state index contributed by atoms with van der Waals surface area (Å²) in [6.07, 6.45) is 0.443. The molecular formula is C7H14NO6P. The number of aliphatic hydroxyl groups excluding tert-OH is 1. The third-order valence-electron chi connectivity index (χ3n) is 1.54. The summed E-state index contributed by atoms with van der Waals surface area (Å²) in [5, 5.41) is 17.1. The molecule has 6 N–H and O–H groups in total. The molecule has 0 aliphatic carbocycles. The largest absolute Gasteiger partial charge is 0.480 e. The molecule has 7 nitrogen and oxygen atoms in total. The first-order valence-electron chi connectivity index (χ1n) is 4.09. The molecule has 0 saturated heterocycles. The van der Waals surface area contributed by atoms with E-state index in [1.165, 1.54) is 0 Å². The summed E-state index contributed by atoms with van der Waals surface area (Å²) in [6, 6.07) is -1.32. The van der Waals surface area contributed by atoms with E-state index in [1.807, 2.05) is 0 Å². The molecule has 0 bridgehead atoms. The summed E-state index contributed by atoms with van der Waals surface area (Å²) in [6.45, 7) is -0.321. The molecule has 0 fully saturated rings. The Hall–Kier alpha value is -0.720. The smallest absolute Gasteiger partial charge is 0.329 e. The Balaban J connectivity index is 4.65. The van der Waals surface area contributed by atoms with E-state index >= 15 is 0 Å². The van der Waals surface area contributed by atoms with Crippen LogP contribution >= 0.6 is 7.60 Å². The van der Waals surface area contributed by atoms with Gasteiger partial charge in [-0.15, -0.1) is 0 Å². The van der Waals surface area contributed by atoms with Crippen molar-refractivity contribution in [1.29, 1.82) is 0 Å². The second-order valence-electron chi connectivity index (χ2n) is 2.99. The summed E-state index contributed by atoms with van der Waals surface area (Å²) in [7, 11) is -4.27. The van der Waals surface area contributed by atoms with Gasteiger partial charge in [-0.2, -0.15) is 0 Å². The molecular weight excluding hydrogens is 225 g/mol. The fourth-order valence-corrected chi connectivity index (χ4v) is 1.74. The number of aliphatic carboxylic acids is 1. The Labute approximate surface area is 86.4 Å². The van der Waals surface area contributed by atoms with E-state index in [0.29, 0.717) is 0 Å². The van der Waals surface area contributed by atoms with Gasteiger partial charge in [0, 0.05) is 6.61 Å². The number of carboxylic acid groups (broad SMARTS) is 1. The molecule has 0 radical (unpaired) electrons. The number of carboxylic acids is 1. The lowest BCUT2D eigenvalue weighted by Crippen LogP contribution is -2.28. The molecule has 88 valence electrons. The first kappa shape index (κ1) is 14.3. The van der Waals surface area contributed by atoms with Crippen molar-refractivity contribution < 1.29 is 29.4 Å². The third-order valence-corrected chi connectivity index (χ3v) is 2.36. The first-order valence-corrected chi connectivity index (χ1v) is 5.89. The van der Waals surface area contributed by atoms with Crippen LogP contribution in [0.2, 0.25) is 0 Å². The van der Waals surface area contributed by atoms with Crippen LogP contribution in [-0.4, -0.2) is 44.8 Å². The molecule has 0 amide bonds. The lowest BCUT2D eigenvalue weighted by atomic mass is 10.1. The van der Waals surface area contributed by atoms with E-state index in [-0.39, 0.29) is 18.6 Å². The van der Waals surface area contributed by atoms with Crippen LogP contribution in [0, 0.1) is 0 Å². The summed E-state index contributed by atoms with van der Waals surface area (Å²) < 4.78 is 10.7. The second-order valence-corrected chi connectivity index (χ2v) is 4.63. The average molecular weight is 239 g/mol. The van der Waals surface area contributed by atoms with Gasteiger partial charge in [-0.05, 0) is 6.42 Å². The minimum Gasteiger partial charge on any atom is -0.480 e. The summed E-state index contributed by atoms with van der Waals surface area (Å²) in [4.78, 5) is 27.7. The van der Waals surface area contributed by atoms with Gasteiger partial charge in [0.1, 0.15) is 6.04 Å². The van der Waals surface area contributed by atoms with Crippen LogP contribution < -0.4 is 5.73 Å².